The van der Waals surface area contributed by atoms with Crippen molar-refractivity contribution < 1.29 is 24.0 Å². The fourth-order valence-corrected chi connectivity index (χ4v) is 1.14. The summed E-state index contributed by atoms with van der Waals surface area (Å²) in [7, 11) is 0. The van der Waals surface area contributed by atoms with E-state index in [4.69, 9.17) is 5.11 Å². The number of nitro benzene ring substituents is 1. The number of aliphatic carboxylic acids is 1. The minimum absolute atomic E-state index is 0.184. The van der Waals surface area contributed by atoms with Crippen molar-refractivity contribution >= 4 is 17.6 Å². The second kappa shape index (κ2) is 5.21. The number of benzene rings is 1. The van der Waals surface area contributed by atoms with E-state index >= 15 is 0 Å². The van der Waals surface area contributed by atoms with Crippen LogP contribution in [0, 0.1) is 15.9 Å². The number of hydrogen-bond donors (Lipinski definition) is 2. The van der Waals surface area contributed by atoms with Crippen molar-refractivity contribution in [3.8, 4) is 0 Å². The topological polar surface area (TPSA) is 110 Å². The number of nitrogens with one attached hydrogen (secondary N) is 1. The number of rotatable bonds is 4. The van der Waals surface area contributed by atoms with Crippen molar-refractivity contribution in [2.24, 2.45) is 0 Å². The molecule has 0 saturated carbocycles. The van der Waals surface area contributed by atoms with Gasteiger partial charge in [-0.3, -0.25) is 19.7 Å². The predicted molar refractivity (Wildman–Crippen MR) is 57.6 cm³/mol. The molecule has 1 amide bonds. The lowest BCUT2D eigenvalue weighted by Gasteiger charge is -2.08. The molecular formula is C10H9FN2O5. The molecule has 0 saturated heterocycles. The second-order valence-corrected chi connectivity index (χ2v) is 3.46. The third-order valence-corrected chi connectivity index (χ3v) is 2.12. The zero-order valence-electron chi connectivity index (χ0n) is 9.21. The number of amides is 1. The predicted octanol–water partition coefficient (Wildman–Crippen LogP) is 0.937. The van der Waals surface area contributed by atoms with E-state index in [0.717, 1.165) is 18.2 Å². The maximum absolute atomic E-state index is 13.0. The molecular weight excluding hydrogens is 247 g/mol. The minimum atomic E-state index is -1.25. The van der Waals surface area contributed by atoms with Crippen LogP contribution in [-0.2, 0) is 4.79 Å². The molecule has 2 N–H and O–H groups in total. The van der Waals surface area contributed by atoms with Gasteiger partial charge in [0.2, 0.25) is 5.82 Å². The average Bonchev–Trinajstić information content (AvgIpc) is 2.28. The molecule has 96 valence electrons. The van der Waals surface area contributed by atoms with E-state index in [2.05, 4.69) is 5.32 Å². The van der Waals surface area contributed by atoms with Gasteiger partial charge in [-0.1, -0.05) is 0 Å². The Morgan fingerprint density at radius 2 is 2.11 bits per heavy atom. The number of carbonyl (C=O) groups excluding carboxylic acids is 1. The lowest BCUT2D eigenvalue weighted by atomic mass is 10.1. The van der Waals surface area contributed by atoms with Gasteiger partial charge < -0.3 is 10.4 Å². The Bertz CT molecular complexity index is 517. The summed E-state index contributed by atoms with van der Waals surface area (Å²) in [5, 5.41) is 21.1. The maximum atomic E-state index is 13.0. The van der Waals surface area contributed by atoms with Gasteiger partial charge >= 0.3 is 11.7 Å². The van der Waals surface area contributed by atoms with Crippen molar-refractivity contribution in [2.75, 3.05) is 0 Å². The SMILES string of the molecule is C[C@H](NC(=O)c1ccc(F)c([N+](=O)[O-])c1)C(=O)O. The first-order valence-electron chi connectivity index (χ1n) is 4.80. The fraction of sp³-hybridized carbons (Fsp3) is 0.200. The van der Waals surface area contributed by atoms with Crippen LogP contribution < -0.4 is 5.32 Å². The van der Waals surface area contributed by atoms with Crippen molar-refractivity contribution in [1.29, 1.82) is 0 Å². The molecule has 18 heavy (non-hydrogen) atoms. The number of nitro groups is 1. The largest absolute Gasteiger partial charge is 0.480 e. The standard InChI is InChI=1S/C10H9FN2O5/c1-5(10(15)16)12-9(14)6-2-3-7(11)8(4-6)13(17)18/h2-5H,1H3,(H,12,14)(H,15,16)/t5-/m0/s1. The highest BCUT2D eigenvalue weighted by Crippen LogP contribution is 2.18. The monoisotopic (exact) mass is 256 g/mol. The van der Waals surface area contributed by atoms with Crippen LogP contribution in [0.15, 0.2) is 18.2 Å². The van der Waals surface area contributed by atoms with E-state index in [1.165, 1.54) is 6.92 Å². The van der Waals surface area contributed by atoms with E-state index < -0.39 is 34.3 Å². The molecule has 8 heteroatoms. The molecule has 1 aromatic carbocycles. The Morgan fingerprint density at radius 1 is 1.50 bits per heavy atom. The van der Waals surface area contributed by atoms with Gasteiger partial charge in [-0.25, -0.2) is 0 Å². The highest BCUT2D eigenvalue weighted by Gasteiger charge is 2.20. The zero-order valence-corrected chi connectivity index (χ0v) is 9.21. The summed E-state index contributed by atoms with van der Waals surface area (Å²) in [6.07, 6.45) is 0. The number of carboxylic acids is 1. The number of nitrogens with zero attached hydrogens (tertiary/aromatic N) is 1. The van der Waals surface area contributed by atoms with Crippen molar-refractivity contribution in [1.82, 2.24) is 5.32 Å². The highest BCUT2D eigenvalue weighted by atomic mass is 19.1. The van der Waals surface area contributed by atoms with Crippen LogP contribution in [0.25, 0.3) is 0 Å². The van der Waals surface area contributed by atoms with Gasteiger partial charge in [-0.05, 0) is 19.1 Å². The summed E-state index contributed by atoms with van der Waals surface area (Å²) in [4.78, 5) is 31.5. The van der Waals surface area contributed by atoms with Gasteiger partial charge in [0.25, 0.3) is 5.91 Å². The van der Waals surface area contributed by atoms with E-state index in [9.17, 15) is 24.1 Å². The summed E-state index contributed by atoms with van der Waals surface area (Å²) < 4.78 is 13.0. The van der Waals surface area contributed by atoms with Crippen molar-refractivity contribution in [3.63, 3.8) is 0 Å². The van der Waals surface area contributed by atoms with E-state index in [1.807, 2.05) is 0 Å². The molecule has 0 aliphatic heterocycles. The lowest BCUT2D eigenvalue weighted by Crippen LogP contribution is -2.38. The van der Waals surface area contributed by atoms with Gasteiger partial charge in [-0.2, -0.15) is 4.39 Å². The van der Waals surface area contributed by atoms with Gasteiger partial charge in [0.1, 0.15) is 6.04 Å². The average molecular weight is 256 g/mol. The summed E-state index contributed by atoms with van der Waals surface area (Å²) in [5.41, 5.74) is -1.03. The first-order valence-corrected chi connectivity index (χ1v) is 4.80. The van der Waals surface area contributed by atoms with Crippen molar-refractivity contribution in [3.05, 3.63) is 39.7 Å². The van der Waals surface area contributed by atoms with Crippen LogP contribution in [0.5, 0.6) is 0 Å². The zero-order chi connectivity index (χ0) is 13.9. The first kappa shape index (κ1) is 13.6. The normalized spacial score (nSPS) is 11.7. The number of carbonyl (C=O) groups is 2. The highest BCUT2D eigenvalue weighted by molar-refractivity contribution is 5.97. The van der Waals surface area contributed by atoms with Gasteiger partial charge in [0, 0.05) is 11.6 Å². The summed E-state index contributed by atoms with van der Waals surface area (Å²) in [6.45, 7) is 1.23. The van der Waals surface area contributed by atoms with Gasteiger partial charge in [0.05, 0.1) is 4.92 Å². The van der Waals surface area contributed by atoms with E-state index in [1.54, 1.807) is 0 Å². The van der Waals surface area contributed by atoms with Gasteiger partial charge in [-0.15, -0.1) is 0 Å². The second-order valence-electron chi connectivity index (χ2n) is 3.46. The van der Waals surface area contributed by atoms with E-state index in [0.29, 0.717) is 0 Å². The molecule has 0 radical (unpaired) electrons. The molecule has 0 fully saturated rings. The fourth-order valence-electron chi connectivity index (χ4n) is 1.14. The Hall–Kier alpha value is -2.51. The molecule has 1 atom stereocenters. The van der Waals surface area contributed by atoms with E-state index in [-0.39, 0.29) is 5.56 Å². The number of halogens is 1. The molecule has 7 nitrogen and oxygen atoms in total. The van der Waals surface area contributed by atoms with Crippen molar-refractivity contribution in [2.45, 2.75) is 13.0 Å². The summed E-state index contributed by atoms with van der Waals surface area (Å²) in [5.74, 6) is -3.14. The lowest BCUT2D eigenvalue weighted by molar-refractivity contribution is -0.387. The van der Waals surface area contributed by atoms with Crippen LogP contribution in [0.1, 0.15) is 17.3 Å². The number of hydrogen-bond acceptors (Lipinski definition) is 4. The van der Waals surface area contributed by atoms with Crippen LogP contribution in [0.3, 0.4) is 0 Å². The van der Waals surface area contributed by atoms with Crippen LogP contribution in [-0.4, -0.2) is 27.9 Å². The van der Waals surface area contributed by atoms with Crippen LogP contribution >= 0.6 is 0 Å². The molecule has 1 aromatic rings. The molecule has 0 unspecified atom stereocenters. The maximum Gasteiger partial charge on any atom is 0.325 e. The number of carboxylic acid groups (broad SMARTS) is 1. The Morgan fingerprint density at radius 3 is 2.61 bits per heavy atom. The summed E-state index contributed by atoms with van der Waals surface area (Å²) in [6, 6.07) is 1.41. The first-order chi connectivity index (χ1) is 8.32. The molecule has 0 heterocycles. The molecule has 0 spiro atoms. The third kappa shape index (κ3) is 3.00. The minimum Gasteiger partial charge on any atom is -0.480 e. The van der Waals surface area contributed by atoms with Gasteiger partial charge in [0.15, 0.2) is 0 Å². The van der Waals surface area contributed by atoms with Crippen LogP contribution in [0.4, 0.5) is 10.1 Å². The molecule has 1 rings (SSSR count). The Balaban J connectivity index is 2.97. The quantitative estimate of drug-likeness (QED) is 0.615. The smallest absolute Gasteiger partial charge is 0.325 e. The summed E-state index contributed by atoms with van der Waals surface area (Å²) >= 11 is 0. The molecule has 0 aromatic heterocycles. The molecule has 0 aliphatic rings. The Kier molecular flexibility index (Phi) is 3.93. The Labute approximate surface area is 100 Å². The molecule has 0 bridgehead atoms. The third-order valence-electron chi connectivity index (χ3n) is 2.12. The van der Waals surface area contributed by atoms with Crippen LogP contribution in [0.2, 0.25) is 0 Å². The molecule has 0 aliphatic carbocycles.